The Labute approximate surface area is 77.7 Å². The third kappa shape index (κ3) is 4.00. The highest BCUT2D eigenvalue weighted by Crippen LogP contribution is 2.29. The van der Waals surface area contributed by atoms with E-state index in [1.165, 1.54) is 25.0 Å². The van der Waals surface area contributed by atoms with Gasteiger partial charge in [0.2, 0.25) is 0 Å². The molecule has 1 heterocycles. The zero-order chi connectivity index (χ0) is 8.81. The largest absolute Gasteiger partial charge is 0.481 e. The van der Waals surface area contributed by atoms with E-state index in [9.17, 15) is 4.79 Å². The molecular formula is C9H16O2S. The molecule has 0 aromatic rings. The summed E-state index contributed by atoms with van der Waals surface area (Å²) in [5.41, 5.74) is 0. The predicted molar refractivity (Wildman–Crippen MR) is 51.6 cm³/mol. The molecule has 1 atom stereocenters. The highest BCUT2D eigenvalue weighted by molar-refractivity contribution is 8.00. The summed E-state index contributed by atoms with van der Waals surface area (Å²) in [5, 5.41) is 9.23. The third-order valence-corrected chi connectivity index (χ3v) is 3.66. The monoisotopic (exact) mass is 188 g/mol. The van der Waals surface area contributed by atoms with Crippen LogP contribution >= 0.6 is 11.8 Å². The Bertz CT molecular complexity index is 141. The average molecular weight is 188 g/mol. The summed E-state index contributed by atoms with van der Waals surface area (Å²) < 4.78 is 0. The van der Waals surface area contributed by atoms with Crippen molar-refractivity contribution in [3.8, 4) is 0 Å². The Morgan fingerprint density at radius 2 is 2.33 bits per heavy atom. The average Bonchev–Trinajstić information content (AvgIpc) is 2.49. The van der Waals surface area contributed by atoms with Crippen molar-refractivity contribution in [3.05, 3.63) is 0 Å². The molecule has 1 saturated heterocycles. The van der Waals surface area contributed by atoms with Crippen molar-refractivity contribution in [3.63, 3.8) is 0 Å². The highest BCUT2D eigenvalue weighted by atomic mass is 32.2. The molecule has 1 fully saturated rings. The normalized spacial score (nSPS) is 22.8. The van der Waals surface area contributed by atoms with Gasteiger partial charge in [-0.1, -0.05) is 6.42 Å². The first-order chi connectivity index (χ1) is 5.79. The van der Waals surface area contributed by atoms with Crippen molar-refractivity contribution in [1.29, 1.82) is 0 Å². The summed E-state index contributed by atoms with van der Waals surface area (Å²) >= 11 is 2.05. The van der Waals surface area contributed by atoms with Gasteiger partial charge in [0.15, 0.2) is 0 Å². The lowest BCUT2D eigenvalue weighted by Gasteiger charge is -2.05. The quantitative estimate of drug-likeness (QED) is 0.674. The predicted octanol–water partition coefficient (Wildman–Crippen LogP) is 2.53. The number of hydrogen-bond donors (Lipinski definition) is 1. The molecule has 0 saturated carbocycles. The van der Waals surface area contributed by atoms with E-state index in [2.05, 4.69) is 11.8 Å². The minimum absolute atomic E-state index is 0.345. The van der Waals surface area contributed by atoms with Crippen molar-refractivity contribution < 1.29 is 9.90 Å². The number of carbonyl (C=O) groups is 1. The van der Waals surface area contributed by atoms with Gasteiger partial charge in [-0.25, -0.2) is 0 Å². The van der Waals surface area contributed by atoms with Crippen molar-refractivity contribution in [1.82, 2.24) is 0 Å². The number of unbranched alkanes of at least 4 members (excludes halogenated alkanes) is 1. The third-order valence-electron chi connectivity index (χ3n) is 2.19. The lowest BCUT2D eigenvalue weighted by molar-refractivity contribution is -0.137. The van der Waals surface area contributed by atoms with Crippen LogP contribution in [0.2, 0.25) is 0 Å². The van der Waals surface area contributed by atoms with Gasteiger partial charge in [-0.3, -0.25) is 4.79 Å². The standard InChI is InChI=1S/C9H16O2S/c10-9(11)6-2-1-4-8-5-3-7-12-8/h8H,1-7H2,(H,10,11). The molecule has 70 valence electrons. The number of rotatable bonds is 5. The van der Waals surface area contributed by atoms with Crippen LogP contribution in [0.5, 0.6) is 0 Å². The first-order valence-corrected chi connectivity index (χ1v) is 5.67. The molecule has 1 N–H and O–H groups in total. The van der Waals surface area contributed by atoms with E-state index in [-0.39, 0.29) is 0 Å². The molecule has 0 aromatic heterocycles. The van der Waals surface area contributed by atoms with E-state index < -0.39 is 5.97 Å². The zero-order valence-corrected chi connectivity index (χ0v) is 8.11. The molecule has 0 amide bonds. The summed E-state index contributed by atoms with van der Waals surface area (Å²) in [6.45, 7) is 0. The molecule has 2 nitrogen and oxygen atoms in total. The molecule has 1 unspecified atom stereocenters. The molecule has 0 radical (unpaired) electrons. The summed E-state index contributed by atoms with van der Waals surface area (Å²) in [4.78, 5) is 10.2. The fourth-order valence-corrected chi connectivity index (χ4v) is 2.85. The van der Waals surface area contributed by atoms with E-state index in [1.54, 1.807) is 0 Å². The summed E-state index contributed by atoms with van der Waals surface area (Å²) in [5.74, 6) is 0.651. The Balaban J connectivity index is 1.91. The van der Waals surface area contributed by atoms with Crippen molar-refractivity contribution >= 4 is 17.7 Å². The Morgan fingerprint density at radius 1 is 1.50 bits per heavy atom. The van der Waals surface area contributed by atoms with E-state index in [1.807, 2.05) is 0 Å². The van der Waals surface area contributed by atoms with Crippen molar-refractivity contribution in [2.45, 2.75) is 43.8 Å². The van der Waals surface area contributed by atoms with E-state index in [0.29, 0.717) is 6.42 Å². The molecule has 0 bridgehead atoms. The molecule has 3 heteroatoms. The van der Waals surface area contributed by atoms with Crippen molar-refractivity contribution in [2.24, 2.45) is 0 Å². The maximum absolute atomic E-state index is 10.2. The smallest absolute Gasteiger partial charge is 0.303 e. The van der Waals surface area contributed by atoms with Crippen LogP contribution in [0.1, 0.15) is 38.5 Å². The van der Waals surface area contributed by atoms with E-state index >= 15 is 0 Å². The maximum atomic E-state index is 10.2. The molecule has 0 aromatic carbocycles. The Kier molecular flexibility index (Phi) is 4.51. The minimum atomic E-state index is -0.658. The number of carboxylic acids is 1. The molecule has 12 heavy (non-hydrogen) atoms. The van der Waals surface area contributed by atoms with Crippen LogP contribution < -0.4 is 0 Å². The van der Waals surface area contributed by atoms with Crippen LogP contribution in [0.4, 0.5) is 0 Å². The van der Waals surface area contributed by atoms with Crippen LogP contribution in [-0.4, -0.2) is 22.1 Å². The van der Waals surface area contributed by atoms with Gasteiger partial charge >= 0.3 is 5.97 Å². The van der Waals surface area contributed by atoms with Gasteiger partial charge in [0.25, 0.3) is 0 Å². The van der Waals surface area contributed by atoms with E-state index in [4.69, 9.17) is 5.11 Å². The number of hydrogen-bond acceptors (Lipinski definition) is 2. The topological polar surface area (TPSA) is 37.3 Å². The second-order valence-electron chi connectivity index (χ2n) is 3.27. The first-order valence-electron chi connectivity index (χ1n) is 4.62. The Hall–Kier alpha value is -0.180. The summed E-state index contributed by atoms with van der Waals surface area (Å²) in [6, 6.07) is 0. The van der Waals surface area contributed by atoms with Crippen molar-refractivity contribution in [2.75, 3.05) is 5.75 Å². The molecule has 1 aliphatic rings. The van der Waals surface area contributed by atoms with Crippen LogP contribution in [0, 0.1) is 0 Å². The van der Waals surface area contributed by atoms with Crippen LogP contribution in [0.25, 0.3) is 0 Å². The van der Waals surface area contributed by atoms with Gasteiger partial charge in [0.1, 0.15) is 0 Å². The number of aliphatic carboxylic acids is 1. The van der Waals surface area contributed by atoms with Gasteiger partial charge in [0, 0.05) is 11.7 Å². The van der Waals surface area contributed by atoms with Gasteiger partial charge in [-0.2, -0.15) is 11.8 Å². The Morgan fingerprint density at radius 3 is 2.92 bits per heavy atom. The summed E-state index contributed by atoms with van der Waals surface area (Å²) in [7, 11) is 0. The SMILES string of the molecule is O=C(O)CCCCC1CCCS1. The minimum Gasteiger partial charge on any atom is -0.481 e. The van der Waals surface area contributed by atoms with Gasteiger partial charge in [-0.05, 0) is 31.4 Å². The second-order valence-corrected chi connectivity index (χ2v) is 4.68. The maximum Gasteiger partial charge on any atom is 0.303 e. The van der Waals surface area contributed by atoms with Crippen LogP contribution in [-0.2, 0) is 4.79 Å². The van der Waals surface area contributed by atoms with Crippen LogP contribution in [0.3, 0.4) is 0 Å². The number of thioether (sulfide) groups is 1. The van der Waals surface area contributed by atoms with Gasteiger partial charge in [-0.15, -0.1) is 0 Å². The molecule has 1 aliphatic heterocycles. The first kappa shape index (κ1) is 9.90. The fourth-order valence-electron chi connectivity index (χ4n) is 1.52. The molecule has 0 spiro atoms. The van der Waals surface area contributed by atoms with E-state index in [0.717, 1.165) is 18.1 Å². The molecule has 0 aliphatic carbocycles. The second kappa shape index (κ2) is 5.46. The molecule has 1 rings (SSSR count). The summed E-state index contributed by atoms with van der Waals surface area (Å²) in [6.07, 6.45) is 6.21. The number of carboxylic acid groups (broad SMARTS) is 1. The lowest BCUT2D eigenvalue weighted by atomic mass is 10.1. The fraction of sp³-hybridized carbons (Fsp3) is 0.889. The lowest BCUT2D eigenvalue weighted by Crippen LogP contribution is -1.98. The van der Waals surface area contributed by atoms with Crippen LogP contribution in [0.15, 0.2) is 0 Å². The van der Waals surface area contributed by atoms with Gasteiger partial charge < -0.3 is 5.11 Å². The zero-order valence-electron chi connectivity index (χ0n) is 7.29. The van der Waals surface area contributed by atoms with Gasteiger partial charge in [0.05, 0.1) is 0 Å². The highest BCUT2D eigenvalue weighted by Gasteiger charge is 2.14. The molecular weight excluding hydrogens is 172 g/mol.